The Morgan fingerprint density at radius 3 is 3.00 bits per heavy atom. The Hall–Kier alpha value is -0.570. The monoisotopic (exact) mass is 254 g/mol. The summed E-state index contributed by atoms with van der Waals surface area (Å²) in [6.45, 7) is 3.46. The smallest absolute Gasteiger partial charge is 0.0566 e. The SMILES string of the molecule is CC1CCCCN1c1cncc(Br)c1. The minimum Gasteiger partial charge on any atom is -0.368 e. The van der Waals surface area contributed by atoms with E-state index in [-0.39, 0.29) is 0 Å². The van der Waals surface area contributed by atoms with Gasteiger partial charge in [-0.1, -0.05) is 0 Å². The van der Waals surface area contributed by atoms with Crippen molar-refractivity contribution in [1.82, 2.24) is 4.98 Å². The summed E-state index contributed by atoms with van der Waals surface area (Å²) in [7, 11) is 0. The molecule has 1 unspecified atom stereocenters. The highest BCUT2D eigenvalue weighted by molar-refractivity contribution is 9.10. The van der Waals surface area contributed by atoms with Gasteiger partial charge in [-0.15, -0.1) is 0 Å². The number of pyridine rings is 1. The van der Waals surface area contributed by atoms with E-state index in [0.29, 0.717) is 6.04 Å². The molecule has 14 heavy (non-hydrogen) atoms. The van der Waals surface area contributed by atoms with E-state index < -0.39 is 0 Å². The van der Waals surface area contributed by atoms with Crippen molar-refractivity contribution in [2.75, 3.05) is 11.4 Å². The molecule has 0 amide bonds. The first-order valence-electron chi connectivity index (χ1n) is 5.14. The molecule has 76 valence electrons. The molecule has 0 aromatic carbocycles. The second-order valence-corrected chi connectivity index (χ2v) is 4.82. The molecule has 1 fully saturated rings. The molecule has 0 spiro atoms. The van der Waals surface area contributed by atoms with Gasteiger partial charge in [-0.3, -0.25) is 4.98 Å². The number of hydrogen-bond acceptors (Lipinski definition) is 2. The van der Waals surface area contributed by atoms with Crippen molar-refractivity contribution in [3.05, 3.63) is 22.9 Å². The molecule has 0 saturated carbocycles. The Morgan fingerprint density at radius 2 is 2.29 bits per heavy atom. The number of nitrogens with zero attached hydrogens (tertiary/aromatic N) is 2. The lowest BCUT2D eigenvalue weighted by atomic mass is 10.0. The average molecular weight is 255 g/mol. The highest BCUT2D eigenvalue weighted by Gasteiger charge is 2.18. The summed E-state index contributed by atoms with van der Waals surface area (Å²) in [6.07, 6.45) is 7.74. The molecule has 1 aliphatic rings. The van der Waals surface area contributed by atoms with E-state index >= 15 is 0 Å². The van der Waals surface area contributed by atoms with Gasteiger partial charge in [0.05, 0.1) is 11.9 Å². The van der Waals surface area contributed by atoms with Gasteiger partial charge < -0.3 is 4.90 Å². The maximum atomic E-state index is 4.21. The third-order valence-corrected chi connectivity index (χ3v) is 3.26. The first-order chi connectivity index (χ1) is 6.77. The second kappa shape index (κ2) is 4.30. The van der Waals surface area contributed by atoms with E-state index in [1.54, 1.807) is 0 Å². The van der Waals surface area contributed by atoms with E-state index in [4.69, 9.17) is 0 Å². The predicted molar refractivity (Wildman–Crippen MR) is 62.6 cm³/mol. The van der Waals surface area contributed by atoms with Gasteiger partial charge in [0, 0.05) is 23.3 Å². The van der Waals surface area contributed by atoms with Crippen molar-refractivity contribution < 1.29 is 0 Å². The van der Waals surface area contributed by atoms with E-state index in [9.17, 15) is 0 Å². The Labute approximate surface area is 93.5 Å². The molecule has 3 heteroatoms. The van der Waals surface area contributed by atoms with Gasteiger partial charge in [-0.2, -0.15) is 0 Å². The summed E-state index contributed by atoms with van der Waals surface area (Å²) in [4.78, 5) is 6.65. The fraction of sp³-hybridized carbons (Fsp3) is 0.545. The predicted octanol–water partition coefficient (Wildman–Crippen LogP) is 3.22. The molecule has 0 radical (unpaired) electrons. The summed E-state index contributed by atoms with van der Waals surface area (Å²) < 4.78 is 1.06. The summed E-state index contributed by atoms with van der Waals surface area (Å²) in [5.41, 5.74) is 1.24. The summed E-state index contributed by atoms with van der Waals surface area (Å²) >= 11 is 3.46. The topological polar surface area (TPSA) is 16.1 Å². The zero-order valence-corrected chi connectivity index (χ0v) is 10.00. The normalized spacial score (nSPS) is 22.4. The standard InChI is InChI=1S/C11H15BrN2/c1-9-4-2-3-5-14(9)11-6-10(12)7-13-8-11/h6-9H,2-5H2,1H3. The fourth-order valence-electron chi connectivity index (χ4n) is 2.04. The minimum atomic E-state index is 0.653. The molecule has 1 aromatic rings. The van der Waals surface area contributed by atoms with Gasteiger partial charge in [0.1, 0.15) is 0 Å². The molecule has 1 aromatic heterocycles. The van der Waals surface area contributed by atoms with Crippen LogP contribution in [0.3, 0.4) is 0 Å². The van der Waals surface area contributed by atoms with E-state index in [2.05, 4.69) is 38.8 Å². The van der Waals surface area contributed by atoms with E-state index in [1.165, 1.54) is 31.5 Å². The first-order valence-corrected chi connectivity index (χ1v) is 5.94. The van der Waals surface area contributed by atoms with Gasteiger partial charge in [-0.05, 0) is 48.2 Å². The summed E-state index contributed by atoms with van der Waals surface area (Å²) in [5, 5.41) is 0. The lowest BCUT2D eigenvalue weighted by Crippen LogP contribution is -2.37. The molecule has 2 rings (SSSR count). The molecular weight excluding hydrogens is 240 g/mol. The maximum absolute atomic E-state index is 4.21. The van der Waals surface area contributed by atoms with Crippen molar-refractivity contribution in [2.24, 2.45) is 0 Å². The Morgan fingerprint density at radius 1 is 1.43 bits per heavy atom. The zero-order chi connectivity index (χ0) is 9.97. The molecule has 1 atom stereocenters. The van der Waals surface area contributed by atoms with Crippen LogP contribution < -0.4 is 4.90 Å². The fourth-order valence-corrected chi connectivity index (χ4v) is 2.39. The van der Waals surface area contributed by atoms with Crippen molar-refractivity contribution in [1.29, 1.82) is 0 Å². The number of rotatable bonds is 1. The van der Waals surface area contributed by atoms with Crippen LogP contribution in [0.4, 0.5) is 5.69 Å². The van der Waals surface area contributed by atoms with Crippen LogP contribution >= 0.6 is 15.9 Å². The third kappa shape index (κ3) is 2.08. The van der Waals surface area contributed by atoms with Crippen LogP contribution in [0.15, 0.2) is 22.9 Å². The minimum absolute atomic E-state index is 0.653. The number of halogens is 1. The molecule has 0 bridgehead atoms. The van der Waals surface area contributed by atoms with Crippen LogP contribution in [-0.2, 0) is 0 Å². The van der Waals surface area contributed by atoms with Gasteiger partial charge in [0.25, 0.3) is 0 Å². The molecule has 0 N–H and O–H groups in total. The summed E-state index contributed by atoms with van der Waals surface area (Å²) in [5.74, 6) is 0. The van der Waals surface area contributed by atoms with Gasteiger partial charge >= 0.3 is 0 Å². The Kier molecular flexibility index (Phi) is 3.06. The Balaban J connectivity index is 2.20. The number of anilines is 1. The lowest BCUT2D eigenvalue weighted by molar-refractivity contribution is 0.484. The maximum Gasteiger partial charge on any atom is 0.0566 e. The Bertz CT molecular complexity index is 314. The molecule has 0 aliphatic carbocycles. The van der Waals surface area contributed by atoms with Crippen molar-refractivity contribution >= 4 is 21.6 Å². The van der Waals surface area contributed by atoms with Crippen molar-refractivity contribution in [3.63, 3.8) is 0 Å². The quantitative estimate of drug-likeness (QED) is 0.765. The first kappa shape index (κ1) is 9.97. The van der Waals surface area contributed by atoms with Crippen LogP contribution in [0.25, 0.3) is 0 Å². The van der Waals surface area contributed by atoms with Crippen LogP contribution in [0.5, 0.6) is 0 Å². The molecule has 2 heterocycles. The third-order valence-electron chi connectivity index (χ3n) is 2.83. The molecule has 1 aliphatic heterocycles. The molecular formula is C11H15BrN2. The second-order valence-electron chi connectivity index (χ2n) is 3.90. The number of piperidine rings is 1. The zero-order valence-electron chi connectivity index (χ0n) is 8.41. The van der Waals surface area contributed by atoms with Gasteiger partial charge in [0.2, 0.25) is 0 Å². The van der Waals surface area contributed by atoms with Crippen LogP contribution in [0.1, 0.15) is 26.2 Å². The number of hydrogen-bond donors (Lipinski definition) is 0. The highest BCUT2D eigenvalue weighted by atomic mass is 79.9. The largest absolute Gasteiger partial charge is 0.368 e. The van der Waals surface area contributed by atoms with Crippen LogP contribution in [0, 0.1) is 0 Å². The lowest BCUT2D eigenvalue weighted by Gasteiger charge is -2.35. The van der Waals surface area contributed by atoms with E-state index in [1.807, 2.05) is 12.4 Å². The average Bonchev–Trinajstić information content (AvgIpc) is 2.18. The van der Waals surface area contributed by atoms with Gasteiger partial charge in [-0.25, -0.2) is 0 Å². The molecule has 2 nitrogen and oxygen atoms in total. The molecule has 1 saturated heterocycles. The van der Waals surface area contributed by atoms with E-state index in [0.717, 1.165) is 4.47 Å². The van der Waals surface area contributed by atoms with Crippen molar-refractivity contribution in [2.45, 2.75) is 32.2 Å². The highest BCUT2D eigenvalue weighted by Crippen LogP contribution is 2.25. The van der Waals surface area contributed by atoms with Gasteiger partial charge in [0.15, 0.2) is 0 Å². The van der Waals surface area contributed by atoms with Crippen LogP contribution in [-0.4, -0.2) is 17.6 Å². The van der Waals surface area contributed by atoms with Crippen LogP contribution in [0.2, 0.25) is 0 Å². The van der Waals surface area contributed by atoms with Crippen molar-refractivity contribution in [3.8, 4) is 0 Å². The number of aromatic nitrogens is 1. The summed E-state index contributed by atoms with van der Waals surface area (Å²) in [6, 6.07) is 2.80.